The molecule has 1 N–H and O–H groups in total. The van der Waals surface area contributed by atoms with Gasteiger partial charge in [0.25, 0.3) is 5.91 Å². The first-order valence-corrected chi connectivity index (χ1v) is 8.84. The lowest BCUT2D eigenvalue weighted by atomic mass is 9.97. The Morgan fingerprint density at radius 3 is 2.41 bits per heavy atom. The zero-order chi connectivity index (χ0) is 19.4. The fraction of sp³-hybridized carbons (Fsp3) is 0.217. The molecule has 4 heteroatoms. The van der Waals surface area contributed by atoms with Crippen LogP contribution < -0.4 is 5.32 Å². The van der Waals surface area contributed by atoms with Gasteiger partial charge in [0.2, 0.25) is 0 Å². The van der Waals surface area contributed by atoms with Crippen LogP contribution in [-0.2, 0) is 7.05 Å². The van der Waals surface area contributed by atoms with E-state index in [1.165, 1.54) is 0 Å². The maximum atomic E-state index is 12.5. The first kappa shape index (κ1) is 18.5. The Hall–Kier alpha value is -3.32. The van der Waals surface area contributed by atoms with Crippen molar-refractivity contribution in [2.75, 3.05) is 5.32 Å². The number of anilines is 1. The largest absolute Gasteiger partial charge is 0.321 e. The van der Waals surface area contributed by atoms with E-state index in [0.29, 0.717) is 5.56 Å². The van der Waals surface area contributed by atoms with Gasteiger partial charge in [-0.05, 0) is 44.5 Å². The van der Waals surface area contributed by atoms with Gasteiger partial charge >= 0.3 is 0 Å². The SMILES string of the molecule is Cn1cc(C(=O)Nc2ccccc2-c2ccc(C#CC(C)(C)C)cc2)cn1. The summed E-state index contributed by atoms with van der Waals surface area (Å²) in [6.45, 7) is 6.28. The molecule has 3 aromatic rings. The predicted octanol–water partition coefficient (Wildman–Crippen LogP) is 4.74. The topological polar surface area (TPSA) is 46.9 Å². The van der Waals surface area contributed by atoms with Crippen LogP contribution in [0, 0.1) is 17.3 Å². The van der Waals surface area contributed by atoms with Crippen molar-refractivity contribution in [3.63, 3.8) is 0 Å². The quantitative estimate of drug-likeness (QED) is 0.689. The van der Waals surface area contributed by atoms with Gasteiger partial charge in [0.15, 0.2) is 0 Å². The van der Waals surface area contributed by atoms with E-state index in [-0.39, 0.29) is 11.3 Å². The summed E-state index contributed by atoms with van der Waals surface area (Å²) in [5.74, 6) is 6.27. The van der Waals surface area contributed by atoms with Crippen molar-refractivity contribution in [2.24, 2.45) is 12.5 Å². The summed E-state index contributed by atoms with van der Waals surface area (Å²) in [6.07, 6.45) is 3.25. The Balaban J connectivity index is 1.85. The molecule has 2 aromatic carbocycles. The van der Waals surface area contributed by atoms with Gasteiger partial charge in [-0.15, -0.1) is 0 Å². The molecule has 0 saturated carbocycles. The molecule has 1 amide bonds. The first-order valence-electron chi connectivity index (χ1n) is 8.84. The fourth-order valence-corrected chi connectivity index (χ4v) is 2.57. The molecular formula is C23H23N3O. The molecule has 0 unspecified atom stereocenters. The molecule has 0 aliphatic carbocycles. The lowest BCUT2D eigenvalue weighted by Crippen LogP contribution is -2.11. The van der Waals surface area contributed by atoms with Crippen LogP contribution in [-0.4, -0.2) is 15.7 Å². The summed E-state index contributed by atoms with van der Waals surface area (Å²) in [6, 6.07) is 15.8. The zero-order valence-corrected chi connectivity index (χ0v) is 16.1. The normalized spacial score (nSPS) is 10.8. The Morgan fingerprint density at radius 1 is 1.07 bits per heavy atom. The van der Waals surface area contributed by atoms with Crippen molar-refractivity contribution in [1.82, 2.24) is 9.78 Å². The minimum absolute atomic E-state index is 0.0259. The van der Waals surface area contributed by atoms with Crippen LogP contribution in [0.25, 0.3) is 11.1 Å². The summed E-state index contributed by atoms with van der Waals surface area (Å²) in [7, 11) is 1.79. The molecule has 4 nitrogen and oxygen atoms in total. The van der Waals surface area contributed by atoms with Gasteiger partial charge in [-0.3, -0.25) is 9.48 Å². The molecule has 1 heterocycles. The highest BCUT2D eigenvalue weighted by atomic mass is 16.1. The highest BCUT2D eigenvalue weighted by Gasteiger charge is 2.11. The third-order valence-electron chi connectivity index (χ3n) is 3.92. The lowest BCUT2D eigenvalue weighted by molar-refractivity contribution is 0.102. The van der Waals surface area contributed by atoms with Gasteiger partial charge in [0, 0.05) is 35.5 Å². The van der Waals surface area contributed by atoms with E-state index in [9.17, 15) is 4.79 Å². The standard InChI is InChI=1S/C23H23N3O/c1-23(2,3)14-13-17-9-11-18(12-10-17)20-7-5-6-8-21(20)25-22(27)19-15-24-26(4)16-19/h5-12,15-16H,1-4H3,(H,25,27). The van der Waals surface area contributed by atoms with Crippen molar-refractivity contribution in [3.8, 4) is 23.0 Å². The van der Waals surface area contributed by atoms with Gasteiger partial charge in [-0.1, -0.05) is 42.2 Å². The van der Waals surface area contributed by atoms with Crippen LogP contribution in [0.3, 0.4) is 0 Å². The summed E-state index contributed by atoms with van der Waals surface area (Å²) in [5.41, 5.74) is 4.23. The maximum Gasteiger partial charge on any atom is 0.258 e. The maximum absolute atomic E-state index is 12.5. The molecule has 0 aliphatic heterocycles. The number of rotatable bonds is 3. The van der Waals surface area contributed by atoms with E-state index in [1.54, 1.807) is 24.1 Å². The number of hydrogen-bond donors (Lipinski definition) is 1. The number of aromatic nitrogens is 2. The molecule has 0 atom stereocenters. The fourth-order valence-electron chi connectivity index (χ4n) is 2.57. The molecule has 27 heavy (non-hydrogen) atoms. The van der Waals surface area contributed by atoms with Gasteiger partial charge in [0.1, 0.15) is 0 Å². The third-order valence-corrected chi connectivity index (χ3v) is 3.92. The second-order valence-corrected chi connectivity index (χ2v) is 7.48. The Bertz CT molecular complexity index is 1010. The van der Waals surface area contributed by atoms with E-state index in [0.717, 1.165) is 22.4 Å². The van der Waals surface area contributed by atoms with E-state index in [1.807, 2.05) is 48.5 Å². The second kappa shape index (κ2) is 7.51. The molecule has 0 fully saturated rings. The van der Waals surface area contributed by atoms with Gasteiger partial charge in [-0.25, -0.2) is 0 Å². The predicted molar refractivity (Wildman–Crippen MR) is 109 cm³/mol. The Kier molecular flexibility index (Phi) is 5.14. The van der Waals surface area contributed by atoms with Gasteiger partial charge in [-0.2, -0.15) is 5.10 Å². The molecule has 136 valence electrons. The molecule has 1 aromatic heterocycles. The zero-order valence-electron chi connectivity index (χ0n) is 16.1. The van der Waals surface area contributed by atoms with E-state index < -0.39 is 0 Å². The molecule has 0 radical (unpaired) electrons. The van der Waals surface area contributed by atoms with Gasteiger partial charge in [0.05, 0.1) is 11.8 Å². The summed E-state index contributed by atoms with van der Waals surface area (Å²) < 4.78 is 1.61. The number of aryl methyl sites for hydroxylation is 1. The number of hydrogen-bond acceptors (Lipinski definition) is 2. The smallest absolute Gasteiger partial charge is 0.258 e. The van der Waals surface area contributed by atoms with Crippen LogP contribution in [0.4, 0.5) is 5.69 Å². The first-order chi connectivity index (χ1) is 12.8. The second-order valence-electron chi connectivity index (χ2n) is 7.48. The number of carbonyl (C=O) groups excluding carboxylic acids is 1. The molecule has 3 rings (SSSR count). The molecule has 0 aliphatic rings. The number of nitrogens with one attached hydrogen (secondary N) is 1. The molecule has 0 bridgehead atoms. The van der Waals surface area contributed by atoms with Gasteiger partial charge < -0.3 is 5.32 Å². The lowest BCUT2D eigenvalue weighted by Gasteiger charge is -2.11. The van der Waals surface area contributed by atoms with Crippen molar-refractivity contribution in [3.05, 3.63) is 72.1 Å². The van der Waals surface area contributed by atoms with Crippen LogP contribution in [0.1, 0.15) is 36.7 Å². The van der Waals surface area contributed by atoms with Crippen molar-refractivity contribution < 1.29 is 4.79 Å². The number of nitrogens with zero attached hydrogens (tertiary/aromatic N) is 2. The van der Waals surface area contributed by atoms with E-state index in [4.69, 9.17) is 0 Å². The van der Waals surface area contributed by atoms with Crippen molar-refractivity contribution in [1.29, 1.82) is 0 Å². The molecular weight excluding hydrogens is 334 g/mol. The van der Waals surface area contributed by atoms with E-state index in [2.05, 4.69) is 43.0 Å². The van der Waals surface area contributed by atoms with Crippen molar-refractivity contribution in [2.45, 2.75) is 20.8 Å². The van der Waals surface area contributed by atoms with Crippen LogP contribution >= 0.6 is 0 Å². The number of benzene rings is 2. The van der Waals surface area contributed by atoms with Crippen LogP contribution in [0.15, 0.2) is 60.9 Å². The number of carbonyl (C=O) groups is 1. The number of para-hydroxylation sites is 1. The van der Waals surface area contributed by atoms with Crippen LogP contribution in [0.2, 0.25) is 0 Å². The monoisotopic (exact) mass is 357 g/mol. The highest BCUT2D eigenvalue weighted by Crippen LogP contribution is 2.28. The number of amides is 1. The summed E-state index contributed by atoms with van der Waals surface area (Å²) in [5, 5.41) is 7.03. The summed E-state index contributed by atoms with van der Waals surface area (Å²) >= 11 is 0. The Morgan fingerprint density at radius 2 is 1.78 bits per heavy atom. The Labute approximate surface area is 160 Å². The average Bonchev–Trinajstić information content (AvgIpc) is 3.07. The minimum atomic E-state index is -0.178. The molecule has 0 saturated heterocycles. The highest BCUT2D eigenvalue weighted by molar-refractivity contribution is 6.06. The summed E-state index contributed by atoms with van der Waals surface area (Å²) in [4.78, 5) is 12.5. The molecule has 0 spiro atoms. The minimum Gasteiger partial charge on any atom is -0.321 e. The third kappa shape index (κ3) is 4.86. The van der Waals surface area contributed by atoms with E-state index >= 15 is 0 Å². The van der Waals surface area contributed by atoms with Crippen molar-refractivity contribution >= 4 is 11.6 Å². The van der Waals surface area contributed by atoms with Crippen LogP contribution in [0.5, 0.6) is 0 Å². The average molecular weight is 357 g/mol.